The van der Waals surface area contributed by atoms with Gasteiger partial charge in [0.05, 0.1) is 6.04 Å². The summed E-state index contributed by atoms with van der Waals surface area (Å²) in [5.74, 6) is -3.99. The first-order valence-electron chi connectivity index (χ1n) is 11.8. The van der Waals surface area contributed by atoms with E-state index < -0.39 is 35.0 Å². The Bertz CT molecular complexity index is 1360. The molecule has 0 aromatic heterocycles. The van der Waals surface area contributed by atoms with Gasteiger partial charge in [0.1, 0.15) is 0 Å². The monoisotopic (exact) mass is 475 g/mol. The smallest absolute Gasteiger partial charge is 0.321 e. The number of aliphatic carboxylic acids is 1. The Morgan fingerprint density at radius 2 is 1.22 bits per heavy atom. The van der Waals surface area contributed by atoms with E-state index in [2.05, 4.69) is 0 Å². The van der Waals surface area contributed by atoms with E-state index in [1.807, 2.05) is 85.8 Å². The van der Waals surface area contributed by atoms with Crippen LogP contribution in [-0.2, 0) is 14.4 Å². The molecule has 178 valence electrons. The minimum atomic E-state index is -2.11. The number of hydrogen-bond acceptors (Lipinski definition) is 3. The van der Waals surface area contributed by atoms with Crippen LogP contribution in [0.5, 0.6) is 0 Å². The van der Waals surface area contributed by atoms with E-state index in [0.29, 0.717) is 22.4 Å². The molecule has 0 bridgehead atoms. The summed E-state index contributed by atoms with van der Waals surface area (Å²) < 4.78 is 0. The third kappa shape index (κ3) is 3.60. The van der Waals surface area contributed by atoms with E-state index in [4.69, 9.17) is 0 Å². The van der Waals surface area contributed by atoms with Crippen molar-refractivity contribution in [1.29, 1.82) is 0 Å². The zero-order valence-corrected chi connectivity index (χ0v) is 19.7. The average Bonchev–Trinajstić information content (AvgIpc) is 3.14. The lowest BCUT2D eigenvalue weighted by Gasteiger charge is -2.39. The highest BCUT2D eigenvalue weighted by Gasteiger charge is 2.69. The number of hydrogen-bond donors (Lipinski definition) is 1. The van der Waals surface area contributed by atoms with Crippen LogP contribution in [0.25, 0.3) is 0 Å². The molecular formula is C31H25NO4. The molecule has 1 amide bonds. The predicted octanol–water partition coefficient (Wildman–Crippen LogP) is 5.56. The first-order valence-corrected chi connectivity index (χ1v) is 11.8. The number of rotatable bonds is 6. The molecule has 0 radical (unpaired) electrons. The number of aryl methyl sites for hydroxylation is 1. The summed E-state index contributed by atoms with van der Waals surface area (Å²) in [4.78, 5) is 42.7. The number of Topliss-reactive ketones (excluding diaryl/α,β-unsaturated/α-hetero) is 1. The predicted molar refractivity (Wildman–Crippen MR) is 138 cm³/mol. The van der Waals surface area contributed by atoms with Gasteiger partial charge in [-0.15, -0.1) is 0 Å². The number of carbonyl (C=O) groups is 3. The maximum Gasteiger partial charge on any atom is 0.321 e. The van der Waals surface area contributed by atoms with Crippen LogP contribution in [0, 0.1) is 12.3 Å². The summed E-state index contributed by atoms with van der Waals surface area (Å²) >= 11 is 0. The lowest BCUT2D eigenvalue weighted by molar-refractivity contribution is -0.157. The molecule has 2 atom stereocenters. The third-order valence-corrected chi connectivity index (χ3v) is 6.98. The molecular weight excluding hydrogens is 450 g/mol. The summed E-state index contributed by atoms with van der Waals surface area (Å²) in [6.45, 7) is 1.93. The molecule has 0 aliphatic carbocycles. The lowest BCUT2D eigenvalue weighted by Crippen LogP contribution is -2.47. The molecule has 1 N–H and O–H groups in total. The van der Waals surface area contributed by atoms with Crippen LogP contribution in [0.2, 0.25) is 0 Å². The number of benzene rings is 4. The second kappa shape index (κ2) is 9.27. The minimum absolute atomic E-state index is 0.482. The van der Waals surface area contributed by atoms with Crippen molar-refractivity contribution in [3.63, 3.8) is 0 Å². The summed E-state index contributed by atoms with van der Waals surface area (Å²) in [7, 11) is 0. The van der Waals surface area contributed by atoms with Crippen molar-refractivity contribution in [2.75, 3.05) is 4.90 Å². The molecule has 5 rings (SSSR count). The molecule has 1 saturated heterocycles. The van der Waals surface area contributed by atoms with E-state index in [1.165, 1.54) is 4.90 Å². The fourth-order valence-electron chi connectivity index (χ4n) is 5.39. The van der Waals surface area contributed by atoms with Crippen LogP contribution in [0.4, 0.5) is 5.69 Å². The average molecular weight is 476 g/mol. The van der Waals surface area contributed by atoms with Crippen molar-refractivity contribution >= 4 is 23.3 Å². The normalized spacial score (nSPS) is 19.6. The van der Waals surface area contributed by atoms with Gasteiger partial charge in [-0.2, -0.15) is 0 Å². The van der Waals surface area contributed by atoms with Gasteiger partial charge in [0.2, 0.25) is 5.78 Å². The van der Waals surface area contributed by atoms with Gasteiger partial charge in [-0.3, -0.25) is 19.3 Å². The molecule has 1 aliphatic rings. The van der Waals surface area contributed by atoms with Crippen LogP contribution in [0.3, 0.4) is 0 Å². The second-order valence-electron chi connectivity index (χ2n) is 9.08. The molecule has 5 nitrogen and oxygen atoms in total. The Kier molecular flexibility index (Phi) is 5.98. The van der Waals surface area contributed by atoms with Crippen molar-refractivity contribution in [1.82, 2.24) is 0 Å². The Labute approximate surface area is 209 Å². The SMILES string of the molecule is Cc1ccc(N2C(=O)C(=O)[C@@](C(=O)O)(C(c3ccccc3)c3ccccc3)[C@H]2c2ccccc2)cc1. The molecule has 1 aliphatic heterocycles. The zero-order chi connectivity index (χ0) is 25.3. The third-order valence-electron chi connectivity index (χ3n) is 6.98. The van der Waals surface area contributed by atoms with Crippen molar-refractivity contribution in [2.45, 2.75) is 18.9 Å². The standard InChI is InChI=1S/C31H25NO4/c1-21-17-19-25(20-18-21)32-27(24-15-9-4-10-16-24)31(30(35)36,28(33)29(32)34)26(22-11-5-2-6-12-22)23-13-7-3-8-14-23/h2-20,26-27H,1H3,(H,35,36)/t27-,31-/m1/s1. The highest BCUT2D eigenvalue weighted by molar-refractivity contribution is 6.49. The van der Waals surface area contributed by atoms with Crippen LogP contribution in [0.15, 0.2) is 115 Å². The van der Waals surface area contributed by atoms with Crippen LogP contribution >= 0.6 is 0 Å². The Hall–Kier alpha value is -4.51. The van der Waals surface area contributed by atoms with Gasteiger partial charge in [0.15, 0.2) is 5.41 Å². The zero-order valence-electron chi connectivity index (χ0n) is 19.7. The lowest BCUT2D eigenvalue weighted by atomic mass is 9.62. The van der Waals surface area contributed by atoms with Crippen LogP contribution < -0.4 is 4.90 Å². The summed E-state index contributed by atoms with van der Waals surface area (Å²) in [6.07, 6.45) is 0. The van der Waals surface area contributed by atoms with E-state index in [0.717, 1.165) is 5.56 Å². The highest BCUT2D eigenvalue weighted by atomic mass is 16.4. The van der Waals surface area contributed by atoms with Gasteiger partial charge in [-0.25, -0.2) is 0 Å². The maximum absolute atomic E-state index is 14.1. The molecule has 5 heteroatoms. The number of carbonyl (C=O) groups excluding carboxylic acids is 2. The van der Waals surface area contributed by atoms with Crippen molar-refractivity contribution in [3.8, 4) is 0 Å². The summed E-state index contributed by atoms with van der Waals surface area (Å²) in [6, 6.07) is 33.3. The van der Waals surface area contributed by atoms with Gasteiger partial charge in [-0.05, 0) is 35.7 Å². The van der Waals surface area contributed by atoms with E-state index in [-0.39, 0.29) is 0 Å². The first kappa shape index (κ1) is 23.2. The Balaban J connectivity index is 1.86. The van der Waals surface area contributed by atoms with Gasteiger partial charge in [0, 0.05) is 11.6 Å². The highest BCUT2D eigenvalue weighted by Crippen LogP contribution is 2.57. The molecule has 0 unspecified atom stereocenters. The molecule has 0 saturated carbocycles. The summed E-state index contributed by atoms with van der Waals surface area (Å²) in [5, 5.41) is 11.0. The number of nitrogens with zero attached hydrogens (tertiary/aromatic N) is 1. The van der Waals surface area contributed by atoms with E-state index >= 15 is 0 Å². The molecule has 1 heterocycles. The molecule has 4 aromatic rings. The Morgan fingerprint density at radius 3 is 1.69 bits per heavy atom. The van der Waals surface area contributed by atoms with E-state index in [9.17, 15) is 19.5 Å². The van der Waals surface area contributed by atoms with Gasteiger partial charge < -0.3 is 5.11 Å². The number of anilines is 1. The number of carboxylic acid groups (broad SMARTS) is 1. The fourth-order valence-corrected chi connectivity index (χ4v) is 5.39. The van der Waals surface area contributed by atoms with Crippen LogP contribution in [0.1, 0.15) is 34.2 Å². The van der Waals surface area contributed by atoms with Crippen molar-refractivity contribution in [3.05, 3.63) is 138 Å². The van der Waals surface area contributed by atoms with Crippen LogP contribution in [-0.4, -0.2) is 22.8 Å². The maximum atomic E-state index is 14.1. The fraction of sp³-hybridized carbons (Fsp3) is 0.129. The van der Waals surface area contributed by atoms with Gasteiger partial charge >= 0.3 is 5.97 Å². The first-order chi connectivity index (χ1) is 17.5. The van der Waals surface area contributed by atoms with E-state index in [1.54, 1.807) is 36.4 Å². The van der Waals surface area contributed by atoms with Crippen molar-refractivity contribution < 1.29 is 19.5 Å². The topological polar surface area (TPSA) is 74.7 Å². The summed E-state index contributed by atoms with van der Waals surface area (Å²) in [5.41, 5.74) is 1.25. The minimum Gasteiger partial charge on any atom is -0.480 e. The van der Waals surface area contributed by atoms with Crippen molar-refractivity contribution in [2.24, 2.45) is 5.41 Å². The van der Waals surface area contributed by atoms with Gasteiger partial charge in [-0.1, -0.05) is 109 Å². The molecule has 1 fully saturated rings. The Morgan fingerprint density at radius 1 is 0.750 bits per heavy atom. The number of amides is 1. The quantitative estimate of drug-likeness (QED) is 0.293. The molecule has 0 spiro atoms. The molecule has 36 heavy (non-hydrogen) atoms. The number of ketones is 1. The second-order valence-corrected chi connectivity index (χ2v) is 9.08. The molecule has 4 aromatic carbocycles. The largest absolute Gasteiger partial charge is 0.480 e. The van der Waals surface area contributed by atoms with Gasteiger partial charge in [0.25, 0.3) is 5.91 Å². The number of carboxylic acids is 1.